The highest BCUT2D eigenvalue weighted by atomic mass is 35.5. The first kappa shape index (κ1) is 16.2. The van der Waals surface area contributed by atoms with E-state index in [4.69, 9.17) is 0 Å². The van der Waals surface area contributed by atoms with Crippen LogP contribution in [0.15, 0.2) is 53.9 Å². The normalized spacial score (nSPS) is 17.2. The number of rotatable bonds is 3. The molecule has 3 rings (SSSR count). The van der Waals surface area contributed by atoms with Gasteiger partial charge in [0, 0.05) is 24.7 Å². The van der Waals surface area contributed by atoms with Crippen LogP contribution in [-0.2, 0) is 11.2 Å². The lowest BCUT2D eigenvalue weighted by molar-refractivity contribution is -0.121. The summed E-state index contributed by atoms with van der Waals surface area (Å²) in [7, 11) is 0. The Kier molecular flexibility index (Phi) is 5.28. The van der Waals surface area contributed by atoms with Crippen molar-refractivity contribution in [1.82, 2.24) is 10.4 Å². The van der Waals surface area contributed by atoms with Crippen molar-refractivity contribution in [3.8, 4) is 0 Å². The molecule has 4 nitrogen and oxygen atoms in total. The van der Waals surface area contributed by atoms with Gasteiger partial charge in [-0.15, -0.1) is 12.4 Å². The third-order valence-electron chi connectivity index (χ3n) is 3.64. The molecule has 1 aromatic heterocycles. The maximum Gasteiger partial charge on any atom is 0.240 e. The Hall–Kier alpha value is -2.20. The lowest BCUT2D eigenvalue weighted by Crippen LogP contribution is -2.31. The van der Waals surface area contributed by atoms with E-state index >= 15 is 0 Å². The van der Waals surface area contributed by atoms with Crippen molar-refractivity contribution in [2.45, 2.75) is 19.8 Å². The van der Waals surface area contributed by atoms with Crippen molar-refractivity contribution in [2.24, 2.45) is 11.0 Å². The predicted molar refractivity (Wildman–Crippen MR) is 89.2 cm³/mol. The molecule has 114 valence electrons. The summed E-state index contributed by atoms with van der Waals surface area (Å²) in [6, 6.07) is 12.4. The first-order valence-electron chi connectivity index (χ1n) is 7.07. The number of nitrogens with zero attached hydrogens (tertiary/aromatic N) is 2. The van der Waals surface area contributed by atoms with Crippen LogP contribution in [0.25, 0.3) is 0 Å². The summed E-state index contributed by atoms with van der Waals surface area (Å²) in [5, 5.41) is 4.18. The van der Waals surface area contributed by atoms with Gasteiger partial charge in [0.05, 0.1) is 5.71 Å². The lowest BCUT2D eigenvalue weighted by atomic mass is 9.93. The standard InChI is InChI=1S/C17H17N3O.ClH/c1-12-9-16(21)19-20-17(12)15-6-4-13(5-7-15)10-14-3-2-8-18-11-14;/h2-8,11-12H,9-10H2,1H3,(H,19,21);1H. The predicted octanol–water partition coefficient (Wildman–Crippen LogP) is 2.95. The van der Waals surface area contributed by atoms with Crippen LogP contribution >= 0.6 is 12.4 Å². The zero-order valence-electron chi connectivity index (χ0n) is 12.3. The maximum atomic E-state index is 11.3. The number of carbonyl (C=O) groups is 1. The molecule has 1 N–H and O–H groups in total. The smallest absolute Gasteiger partial charge is 0.240 e. The minimum Gasteiger partial charge on any atom is -0.273 e. The second kappa shape index (κ2) is 7.18. The highest BCUT2D eigenvalue weighted by Crippen LogP contribution is 2.18. The minimum atomic E-state index is -0.0144. The Morgan fingerprint density at radius 2 is 1.95 bits per heavy atom. The Balaban J connectivity index is 0.00000176. The van der Waals surface area contributed by atoms with Crippen LogP contribution in [0.4, 0.5) is 0 Å². The Morgan fingerprint density at radius 3 is 2.59 bits per heavy atom. The number of amides is 1. The van der Waals surface area contributed by atoms with E-state index in [1.54, 1.807) is 6.20 Å². The van der Waals surface area contributed by atoms with Gasteiger partial charge in [0.1, 0.15) is 0 Å². The van der Waals surface area contributed by atoms with Crippen LogP contribution in [0.2, 0.25) is 0 Å². The topological polar surface area (TPSA) is 54.4 Å². The van der Waals surface area contributed by atoms with E-state index in [0.717, 1.165) is 17.7 Å². The zero-order valence-corrected chi connectivity index (χ0v) is 13.1. The van der Waals surface area contributed by atoms with Gasteiger partial charge in [0.25, 0.3) is 0 Å². The fourth-order valence-corrected chi connectivity index (χ4v) is 2.53. The van der Waals surface area contributed by atoms with Gasteiger partial charge in [0.2, 0.25) is 5.91 Å². The van der Waals surface area contributed by atoms with E-state index < -0.39 is 0 Å². The Morgan fingerprint density at radius 1 is 1.18 bits per heavy atom. The van der Waals surface area contributed by atoms with Crippen LogP contribution in [0.3, 0.4) is 0 Å². The van der Waals surface area contributed by atoms with E-state index in [1.165, 1.54) is 11.1 Å². The number of pyridine rings is 1. The molecule has 1 atom stereocenters. The summed E-state index contributed by atoms with van der Waals surface area (Å²) in [5.74, 6) is 0.141. The molecule has 2 heterocycles. The van der Waals surface area contributed by atoms with E-state index in [9.17, 15) is 4.79 Å². The fourth-order valence-electron chi connectivity index (χ4n) is 2.53. The molecule has 0 fully saturated rings. The molecule has 0 spiro atoms. The van der Waals surface area contributed by atoms with Gasteiger partial charge in [-0.2, -0.15) is 5.10 Å². The van der Waals surface area contributed by atoms with Crippen molar-refractivity contribution < 1.29 is 4.79 Å². The van der Waals surface area contributed by atoms with Crippen molar-refractivity contribution in [2.75, 3.05) is 0 Å². The molecule has 1 aliphatic heterocycles. The van der Waals surface area contributed by atoms with E-state index in [2.05, 4.69) is 45.8 Å². The van der Waals surface area contributed by atoms with Gasteiger partial charge in [-0.3, -0.25) is 9.78 Å². The van der Waals surface area contributed by atoms with Crippen LogP contribution in [0.1, 0.15) is 30.0 Å². The van der Waals surface area contributed by atoms with Gasteiger partial charge in [-0.05, 0) is 29.2 Å². The molecule has 5 heteroatoms. The SMILES string of the molecule is CC1CC(=O)NN=C1c1ccc(Cc2cccnc2)cc1.Cl. The summed E-state index contributed by atoms with van der Waals surface area (Å²) in [5.41, 5.74) is 7.00. The van der Waals surface area contributed by atoms with Gasteiger partial charge in [-0.25, -0.2) is 5.43 Å². The molecule has 1 aliphatic rings. The Bertz CT molecular complexity index is 668. The average Bonchev–Trinajstić information content (AvgIpc) is 2.49. The van der Waals surface area contributed by atoms with Crippen molar-refractivity contribution >= 4 is 24.0 Å². The molecule has 0 bridgehead atoms. The number of halogens is 1. The van der Waals surface area contributed by atoms with E-state index in [1.807, 2.05) is 19.2 Å². The molecule has 0 aliphatic carbocycles. The summed E-state index contributed by atoms with van der Waals surface area (Å²) in [4.78, 5) is 15.4. The van der Waals surface area contributed by atoms with Crippen LogP contribution < -0.4 is 5.43 Å². The summed E-state index contributed by atoms with van der Waals surface area (Å²) < 4.78 is 0. The molecule has 1 aromatic carbocycles. The van der Waals surface area contributed by atoms with Gasteiger partial charge >= 0.3 is 0 Å². The minimum absolute atomic E-state index is 0. The molecule has 1 amide bonds. The molecule has 22 heavy (non-hydrogen) atoms. The monoisotopic (exact) mass is 315 g/mol. The number of benzene rings is 1. The average molecular weight is 316 g/mol. The van der Waals surface area contributed by atoms with Crippen molar-refractivity contribution in [3.63, 3.8) is 0 Å². The summed E-state index contributed by atoms with van der Waals surface area (Å²) in [6.45, 7) is 2.03. The van der Waals surface area contributed by atoms with Crippen LogP contribution in [-0.4, -0.2) is 16.6 Å². The highest BCUT2D eigenvalue weighted by Gasteiger charge is 2.21. The maximum absolute atomic E-state index is 11.3. The second-order valence-electron chi connectivity index (χ2n) is 5.37. The Labute approximate surface area is 136 Å². The third kappa shape index (κ3) is 3.71. The summed E-state index contributed by atoms with van der Waals surface area (Å²) >= 11 is 0. The van der Waals surface area contributed by atoms with E-state index in [-0.39, 0.29) is 24.2 Å². The molecule has 1 unspecified atom stereocenters. The highest BCUT2D eigenvalue weighted by molar-refractivity contribution is 6.05. The first-order chi connectivity index (χ1) is 10.2. The van der Waals surface area contributed by atoms with Gasteiger partial charge < -0.3 is 0 Å². The molecular weight excluding hydrogens is 298 g/mol. The van der Waals surface area contributed by atoms with Crippen LogP contribution in [0, 0.1) is 5.92 Å². The number of hydrazone groups is 1. The second-order valence-corrected chi connectivity index (χ2v) is 5.37. The fraction of sp³-hybridized carbons (Fsp3) is 0.235. The van der Waals surface area contributed by atoms with Gasteiger partial charge in [0.15, 0.2) is 0 Å². The zero-order chi connectivity index (χ0) is 14.7. The molecule has 2 aromatic rings. The van der Waals surface area contributed by atoms with Crippen LogP contribution in [0.5, 0.6) is 0 Å². The molecule has 0 saturated carbocycles. The van der Waals surface area contributed by atoms with E-state index in [0.29, 0.717) is 6.42 Å². The largest absolute Gasteiger partial charge is 0.273 e. The number of nitrogens with one attached hydrogen (secondary N) is 1. The van der Waals surface area contributed by atoms with Crippen molar-refractivity contribution in [3.05, 3.63) is 65.5 Å². The molecule has 0 saturated heterocycles. The number of carbonyl (C=O) groups excluding carboxylic acids is 1. The quantitative estimate of drug-likeness (QED) is 0.946. The van der Waals surface area contributed by atoms with Crippen molar-refractivity contribution in [1.29, 1.82) is 0 Å². The lowest BCUT2D eigenvalue weighted by Gasteiger charge is -2.19. The third-order valence-corrected chi connectivity index (χ3v) is 3.64. The number of hydrogen-bond acceptors (Lipinski definition) is 3. The number of hydrogen-bond donors (Lipinski definition) is 1. The molecule has 0 radical (unpaired) electrons. The molecular formula is C17H18ClN3O. The number of aromatic nitrogens is 1. The first-order valence-corrected chi connectivity index (χ1v) is 7.07. The van der Waals surface area contributed by atoms with Gasteiger partial charge in [-0.1, -0.05) is 37.3 Å². The summed E-state index contributed by atoms with van der Waals surface area (Å²) in [6.07, 6.45) is 5.03.